The fraction of sp³-hybridized carbons (Fsp3) is 0.111. The molecule has 0 heterocycles. The van der Waals surface area contributed by atoms with Gasteiger partial charge in [-0.1, -0.05) is 0 Å². The van der Waals surface area contributed by atoms with Crippen LogP contribution < -0.4 is 0 Å². The molecule has 0 N–H and O–H groups in total. The molecule has 0 unspecified atom stereocenters. The van der Waals surface area contributed by atoms with E-state index >= 15 is 0 Å². The Morgan fingerprint density at radius 2 is 1.73 bits per heavy atom. The molecule has 0 spiro atoms. The molecule has 0 radical (unpaired) electrons. The van der Waals surface area contributed by atoms with Crippen LogP contribution in [0, 0.1) is 6.08 Å². The molecule has 1 aliphatic carbocycles. The standard InChI is InChI=1S/C5H5.CClO.3CO.Re/c1-2-4-5-3-1;2-1-3;3*1-2;/h1-3H,4H2;;;;;/q2*-1;;;;. The molecule has 0 bridgehead atoms. The van der Waals surface area contributed by atoms with Crippen LogP contribution >= 0.6 is 11.6 Å². The molecule has 0 aromatic carbocycles. The first kappa shape index (κ1) is 16.3. The smallest absolute Gasteiger partial charge is 0.109 e. The van der Waals surface area contributed by atoms with Gasteiger partial charge < -0.3 is 16.4 Å². The molecular formula is C9H5ClO4Re-2. The molecule has 15 heavy (non-hydrogen) atoms. The Morgan fingerprint density at radius 1 is 1.27 bits per heavy atom. The first-order valence-corrected chi connectivity index (χ1v) is 7.74. The Hall–Kier alpha value is -1.16. The topological polar surface area (TPSA) is 68.3 Å². The predicted octanol–water partition coefficient (Wildman–Crippen LogP) is 0.404. The normalized spacial score (nSPS) is 9.13. The zero-order valence-electron chi connectivity index (χ0n) is 7.33. The van der Waals surface area contributed by atoms with Gasteiger partial charge in [0, 0.05) is 0 Å². The molecular weight excluding hydrogens is 394 g/mol. The van der Waals surface area contributed by atoms with Crippen LogP contribution in [0.5, 0.6) is 0 Å². The van der Waals surface area contributed by atoms with Gasteiger partial charge in [-0.15, -0.1) is 6.42 Å². The third-order valence-corrected chi connectivity index (χ3v) is 2.48. The first-order valence-electron chi connectivity index (χ1n) is 3.29. The van der Waals surface area contributed by atoms with Crippen molar-refractivity contribution in [1.29, 1.82) is 0 Å². The average Bonchev–Trinajstić information content (AvgIpc) is 2.80. The molecule has 1 rings (SSSR count). The van der Waals surface area contributed by atoms with E-state index in [1.165, 1.54) is 13.1 Å². The summed E-state index contributed by atoms with van der Waals surface area (Å²) in [5.74, 6) is 0.972. The van der Waals surface area contributed by atoms with Crippen LogP contribution in [0.1, 0.15) is 6.42 Å². The second-order valence-electron chi connectivity index (χ2n) is 1.60. The molecule has 0 aromatic rings. The van der Waals surface area contributed by atoms with Gasteiger partial charge in [0.05, 0.1) is 0 Å². The van der Waals surface area contributed by atoms with Crippen molar-refractivity contribution in [2.45, 2.75) is 6.42 Å². The van der Waals surface area contributed by atoms with Gasteiger partial charge in [-0.2, -0.15) is 11.8 Å². The van der Waals surface area contributed by atoms with Crippen molar-refractivity contribution >= 4 is 30.4 Å². The summed E-state index contributed by atoms with van der Waals surface area (Å²) in [6.07, 6.45) is 10.0. The number of rotatable bonds is 0. The summed E-state index contributed by atoms with van der Waals surface area (Å²) >= 11 is 1.22. The number of halogens is 1. The van der Waals surface area contributed by atoms with Gasteiger partial charge in [0.25, 0.3) is 0 Å². The van der Waals surface area contributed by atoms with Crippen molar-refractivity contribution in [3.05, 3.63) is 24.3 Å². The van der Waals surface area contributed by atoms with Crippen molar-refractivity contribution in [3.8, 4) is 0 Å². The summed E-state index contributed by atoms with van der Waals surface area (Å²) in [5, 5.41) is 0. The molecule has 0 fully saturated rings. The maximum atomic E-state index is 9.40. The van der Waals surface area contributed by atoms with E-state index in [2.05, 4.69) is 23.8 Å². The average molecular weight is 399 g/mol. The maximum absolute atomic E-state index is 9.40. The molecule has 0 saturated carbocycles. The third kappa shape index (κ3) is 15.6. The van der Waals surface area contributed by atoms with Gasteiger partial charge in [0.1, 0.15) is 0 Å². The first-order chi connectivity index (χ1) is 7.26. The van der Waals surface area contributed by atoms with Gasteiger partial charge in [0.15, 0.2) is 0 Å². The van der Waals surface area contributed by atoms with E-state index in [1.54, 1.807) is 0 Å². The summed E-state index contributed by atoms with van der Waals surface area (Å²) in [4.78, 5) is 36.6. The number of hydrogen-bond donors (Lipinski definition) is 0. The Balaban J connectivity index is 0. The third-order valence-electron chi connectivity index (χ3n) is 0.817. The Labute approximate surface area is 95.7 Å². The summed E-state index contributed by atoms with van der Waals surface area (Å²) in [6, 6.07) is 0. The minimum absolute atomic E-state index is 0.972. The monoisotopic (exact) mass is 399 g/mol. The van der Waals surface area contributed by atoms with E-state index in [4.69, 9.17) is 4.79 Å². The fourth-order valence-electron chi connectivity index (χ4n) is 0.387. The molecule has 0 aliphatic heterocycles. The van der Waals surface area contributed by atoms with Crippen LogP contribution in [0.3, 0.4) is 0 Å². The van der Waals surface area contributed by atoms with E-state index in [0.29, 0.717) is 0 Å². The summed E-state index contributed by atoms with van der Waals surface area (Å²) in [7, 11) is 0. The zero-order valence-corrected chi connectivity index (χ0v) is 10.8. The molecule has 1 aliphatic rings. The SMILES string of the molecule is O=[C-]Cl.O=[C]=[Re](=[C]=O)=[C]=O.[C-]1=CC=CC1. The molecule has 81 valence electrons. The van der Waals surface area contributed by atoms with Crippen LogP contribution in [0.2, 0.25) is 0 Å². The predicted molar refractivity (Wildman–Crippen MR) is 50.2 cm³/mol. The molecule has 0 amide bonds. The molecule has 0 saturated heterocycles. The van der Waals surface area contributed by atoms with Gasteiger partial charge in [-0.05, 0) is 0 Å². The minimum atomic E-state index is -2.97. The van der Waals surface area contributed by atoms with Gasteiger partial charge in [-0.25, -0.2) is 12.2 Å². The molecule has 6 heteroatoms. The van der Waals surface area contributed by atoms with Gasteiger partial charge in [0.2, 0.25) is 0 Å². The van der Waals surface area contributed by atoms with E-state index in [1.807, 2.05) is 12.2 Å². The van der Waals surface area contributed by atoms with Crippen molar-refractivity contribution in [3.63, 3.8) is 0 Å². The van der Waals surface area contributed by atoms with Crippen LogP contribution in [-0.4, -0.2) is 18.8 Å². The van der Waals surface area contributed by atoms with Crippen LogP contribution in [-0.2, 0) is 34.6 Å². The molecule has 0 atom stereocenters. The second kappa shape index (κ2) is 15.3. The quantitative estimate of drug-likeness (QED) is 0.438. The molecule has 0 aromatic heterocycles. The number of carbonyl (C=O) groups excluding carboxylic acids is 4. The van der Waals surface area contributed by atoms with E-state index in [-0.39, 0.29) is 0 Å². The minimum Gasteiger partial charge on any atom is -0.273 e. The molecule has 4 nitrogen and oxygen atoms in total. The fourth-order valence-corrected chi connectivity index (χ4v) is 0.727. The van der Waals surface area contributed by atoms with E-state index < -0.39 is 15.4 Å². The van der Waals surface area contributed by atoms with Gasteiger partial charge in [-0.3, -0.25) is 6.08 Å². The van der Waals surface area contributed by atoms with Crippen LogP contribution in [0.15, 0.2) is 18.2 Å². The van der Waals surface area contributed by atoms with E-state index in [0.717, 1.165) is 12.2 Å². The van der Waals surface area contributed by atoms with Crippen molar-refractivity contribution in [1.82, 2.24) is 0 Å². The maximum Gasteiger partial charge on any atom is -0.109 e. The van der Waals surface area contributed by atoms with Crippen LogP contribution in [0.4, 0.5) is 0 Å². The van der Waals surface area contributed by atoms with Gasteiger partial charge >= 0.3 is 42.8 Å². The number of allylic oxidation sites excluding steroid dienone is 4. The number of hydrogen-bond acceptors (Lipinski definition) is 4. The van der Waals surface area contributed by atoms with E-state index in [9.17, 15) is 14.4 Å². The summed E-state index contributed by atoms with van der Waals surface area (Å²) in [5.41, 5.74) is 0. The summed E-state index contributed by atoms with van der Waals surface area (Å²) in [6.45, 7) is 0. The van der Waals surface area contributed by atoms with Crippen LogP contribution in [0.25, 0.3) is 0 Å². The largest absolute Gasteiger partial charge is 0.273 e. The van der Waals surface area contributed by atoms with Crippen molar-refractivity contribution in [2.24, 2.45) is 0 Å². The zero-order chi connectivity index (χ0) is 11.9. The summed E-state index contributed by atoms with van der Waals surface area (Å²) < 4.78 is 3.87. The Kier molecular flexibility index (Phi) is 16.6. The second-order valence-corrected chi connectivity index (χ2v) is 5.45. The van der Waals surface area contributed by atoms with Crippen molar-refractivity contribution in [2.75, 3.05) is 0 Å². The van der Waals surface area contributed by atoms with Crippen molar-refractivity contribution < 1.29 is 34.6 Å². The Morgan fingerprint density at radius 3 is 1.80 bits per heavy atom. The Bertz CT molecular complexity index is 387.